The van der Waals surface area contributed by atoms with Gasteiger partial charge in [0.2, 0.25) is 5.88 Å². The van der Waals surface area contributed by atoms with E-state index in [-0.39, 0.29) is 41.6 Å². The highest BCUT2D eigenvalue weighted by atomic mass is 16.5. The number of aromatic nitrogens is 2. The summed E-state index contributed by atoms with van der Waals surface area (Å²) in [7, 11) is 0. The van der Waals surface area contributed by atoms with Gasteiger partial charge in [-0.05, 0) is 50.3 Å². The van der Waals surface area contributed by atoms with E-state index < -0.39 is 17.8 Å². The second-order valence-electron chi connectivity index (χ2n) is 8.00. The number of carbonyl (C=O) groups is 3. The number of anilines is 1. The van der Waals surface area contributed by atoms with Gasteiger partial charge in [-0.3, -0.25) is 4.79 Å². The first-order valence-corrected chi connectivity index (χ1v) is 12.2. The maximum absolute atomic E-state index is 13.1. The lowest BCUT2D eigenvalue weighted by molar-refractivity contribution is -0.135. The largest absolute Gasteiger partial charge is 0.493 e. The van der Waals surface area contributed by atoms with Gasteiger partial charge in [-0.25, -0.2) is 9.59 Å². The molecule has 0 saturated carbocycles. The highest BCUT2D eigenvalue weighted by Gasteiger charge is 2.35. The van der Waals surface area contributed by atoms with Gasteiger partial charge in [-0.15, -0.1) is 0 Å². The molecule has 0 saturated heterocycles. The van der Waals surface area contributed by atoms with Gasteiger partial charge in [0.05, 0.1) is 35.7 Å². The Balaban J connectivity index is 1.62. The van der Waals surface area contributed by atoms with Gasteiger partial charge in [0, 0.05) is 0 Å². The molecule has 3 aromatic rings. The quantitative estimate of drug-likeness (QED) is 0.252. The van der Waals surface area contributed by atoms with Crippen LogP contribution in [0.4, 0.5) is 5.69 Å². The van der Waals surface area contributed by atoms with Crippen LogP contribution >= 0.6 is 0 Å². The van der Waals surface area contributed by atoms with E-state index in [0.29, 0.717) is 11.4 Å². The van der Waals surface area contributed by atoms with Crippen molar-refractivity contribution in [2.45, 2.75) is 13.8 Å². The average Bonchev–Trinajstić information content (AvgIpc) is 3.46. The van der Waals surface area contributed by atoms with E-state index in [9.17, 15) is 19.5 Å². The van der Waals surface area contributed by atoms with E-state index in [1.165, 1.54) is 22.9 Å². The number of para-hydroxylation sites is 2. The van der Waals surface area contributed by atoms with Crippen molar-refractivity contribution >= 4 is 35.3 Å². The second kappa shape index (κ2) is 12.3. The van der Waals surface area contributed by atoms with Crippen molar-refractivity contribution in [2.24, 2.45) is 5.10 Å². The van der Waals surface area contributed by atoms with Gasteiger partial charge < -0.3 is 14.6 Å². The molecule has 0 unspecified atom stereocenters. The first-order chi connectivity index (χ1) is 19.0. The molecule has 198 valence electrons. The first kappa shape index (κ1) is 26.8. The van der Waals surface area contributed by atoms with Crippen LogP contribution in [0.3, 0.4) is 0 Å². The fraction of sp³-hybridized carbons (Fsp3) is 0.138. The molecule has 1 aromatic heterocycles. The number of carbonyl (C=O) groups excluding carboxylic acids is 3. The van der Waals surface area contributed by atoms with Gasteiger partial charge >= 0.3 is 11.9 Å². The van der Waals surface area contributed by atoms with Crippen molar-refractivity contribution < 1.29 is 29.0 Å². The zero-order valence-electron chi connectivity index (χ0n) is 21.4. The Morgan fingerprint density at radius 1 is 0.872 bits per heavy atom. The molecule has 2 aromatic carbocycles. The van der Waals surface area contributed by atoms with E-state index in [2.05, 4.69) is 10.2 Å². The Labute approximate surface area is 224 Å². The Morgan fingerprint density at radius 3 is 2.13 bits per heavy atom. The molecule has 1 aliphatic heterocycles. The third-order valence-electron chi connectivity index (χ3n) is 5.46. The van der Waals surface area contributed by atoms with Crippen molar-refractivity contribution in [3.05, 3.63) is 102 Å². The summed E-state index contributed by atoms with van der Waals surface area (Å²) in [6.45, 7) is 3.62. The van der Waals surface area contributed by atoms with Crippen molar-refractivity contribution in [2.75, 3.05) is 18.2 Å². The molecule has 1 amide bonds. The van der Waals surface area contributed by atoms with Crippen molar-refractivity contribution in [1.82, 2.24) is 9.78 Å². The summed E-state index contributed by atoms with van der Waals surface area (Å²) in [5, 5.41) is 20.4. The summed E-state index contributed by atoms with van der Waals surface area (Å²) in [6.07, 6.45) is 7.61. The molecule has 4 rings (SSSR count). The fourth-order valence-corrected chi connectivity index (χ4v) is 3.70. The van der Waals surface area contributed by atoms with E-state index in [1.807, 2.05) is 6.07 Å². The minimum absolute atomic E-state index is 0.0533. The normalized spacial score (nSPS) is 14.4. The molecule has 1 aliphatic rings. The number of nitrogens with zero attached hydrogens (tertiary/aromatic N) is 4. The topological polar surface area (TPSA) is 123 Å². The van der Waals surface area contributed by atoms with E-state index in [4.69, 9.17) is 9.47 Å². The van der Waals surface area contributed by atoms with Gasteiger partial charge in [0.1, 0.15) is 0 Å². The predicted molar refractivity (Wildman–Crippen MR) is 145 cm³/mol. The summed E-state index contributed by atoms with van der Waals surface area (Å²) in [5.41, 5.74) is 1.14. The van der Waals surface area contributed by atoms with Crippen molar-refractivity contribution in [1.29, 1.82) is 0 Å². The number of benzene rings is 2. The third-order valence-corrected chi connectivity index (χ3v) is 5.46. The fourth-order valence-electron chi connectivity index (χ4n) is 3.70. The molecule has 1 N–H and O–H groups in total. The lowest BCUT2D eigenvalue weighted by atomic mass is 10.1. The molecule has 0 aliphatic carbocycles. The standard InChI is InChI=1S/C29H26N4O6/c1-3-38-28(36)24-22(26(34)32(30-24)20-14-8-5-9-15-20)18-12-7-13-19-23-25(29(37)39-4-2)31-33(27(23)35)21-16-10-6-11-17-21/h5-19,34H,3-4H2,1-2H3/b13-7+,18-12+,23-19-. The van der Waals surface area contributed by atoms with Crippen LogP contribution in [-0.4, -0.2) is 51.7 Å². The summed E-state index contributed by atoms with van der Waals surface area (Å²) < 4.78 is 11.4. The molecule has 0 bridgehead atoms. The van der Waals surface area contributed by atoms with Crippen LogP contribution in [0.2, 0.25) is 0 Å². The zero-order valence-corrected chi connectivity index (χ0v) is 21.4. The third kappa shape index (κ3) is 5.85. The van der Waals surface area contributed by atoms with E-state index in [0.717, 1.165) is 5.01 Å². The summed E-state index contributed by atoms with van der Waals surface area (Å²) in [6, 6.07) is 17.6. The number of esters is 2. The summed E-state index contributed by atoms with van der Waals surface area (Å²) >= 11 is 0. The number of ether oxygens (including phenoxy) is 2. The second-order valence-corrected chi connectivity index (χ2v) is 8.00. The van der Waals surface area contributed by atoms with Crippen LogP contribution < -0.4 is 5.01 Å². The number of amides is 1. The smallest absolute Gasteiger partial charge is 0.359 e. The Morgan fingerprint density at radius 2 is 1.49 bits per heavy atom. The monoisotopic (exact) mass is 526 g/mol. The van der Waals surface area contributed by atoms with Crippen LogP contribution in [-0.2, 0) is 19.1 Å². The van der Waals surface area contributed by atoms with Crippen LogP contribution in [0.5, 0.6) is 5.88 Å². The minimum atomic E-state index is -0.711. The molecule has 39 heavy (non-hydrogen) atoms. The molecule has 0 radical (unpaired) electrons. The number of hydrogen-bond donors (Lipinski definition) is 1. The maximum Gasteiger partial charge on any atom is 0.359 e. The van der Waals surface area contributed by atoms with Crippen LogP contribution in [0, 0.1) is 0 Å². The Bertz CT molecular complexity index is 1490. The minimum Gasteiger partial charge on any atom is -0.493 e. The highest BCUT2D eigenvalue weighted by molar-refractivity contribution is 6.53. The van der Waals surface area contributed by atoms with Crippen molar-refractivity contribution in [3.8, 4) is 11.6 Å². The molecule has 0 atom stereocenters. The number of aromatic hydroxyl groups is 1. The number of hydrogen-bond acceptors (Lipinski definition) is 8. The van der Waals surface area contributed by atoms with E-state index >= 15 is 0 Å². The molecule has 0 fully saturated rings. The lowest BCUT2D eigenvalue weighted by Crippen LogP contribution is -2.22. The lowest BCUT2D eigenvalue weighted by Gasteiger charge is -2.10. The van der Waals surface area contributed by atoms with Gasteiger partial charge in [0.15, 0.2) is 11.4 Å². The van der Waals surface area contributed by atoms with Crippen LogP contribution in [0.25, 0.3) is 11.8 Å². The summed E-state index contributed by atoms with van der Waals surface area (Å²) in [5.74, 6) is -2.12. The molecule has 10 nitrogen and oxygen atoms in total. The molecular weight excluding hydrogens is 500 g/mol. The Kier molecular flexibility index (Phi) is 8.47. The molecule has 2 heterocycles. The first-order valence-electron chi connectivity index (χ1n) is 12.2. The molecule has 10 heteroatoms. The van der Waals surface area contributed by atoms with Crippen molar-refractivity contribution in [3.63, 3.8) is 0 Å². The van der Waals surface area contributed by atoms with Gasteiger partial charge in [-0.2, -0.15) is 19.9 Å². The summed E-state index contributed by atoms with van der Waals surface area (Å²) in [4.78, 5) is 38.0. The Hall–Kier alpha value is -5.25. The number of allylic oxidation sites excluding steroid dienone is 4. The SMILES string of the molecule is CCOC(=O)C1=NN(c2ccccc2)C(=O)\C1=C/C=C/C=C/c1c(C(=O)OCC)nn(-c2ccccc2)c1O. The molecular formula is C29H26N4O6. The van der Waals surface area contributed by atoms with Gasteiger partial charge in [-0.1, -0.05) is 54.6 Å². The number of hydrazone groups is 1. The van der Waals surface area contributed by atoms with Gasteiger partial charge in [0.25, 0.3) is 5.91 Å². The molecule has 0 spiro atoms. The van der Waals surface area contributed by atoms with Crippen LogP contribution in [0.15, 0.2) is 95.6 Å². The highest BCUT2D eigenvalue weighted by Crippen LogP contribution is 2.27. The number of rotatable bonds is 9. The predicted octanol–water partition coefficient (Wildman–Crippen LogP) is 4.22. The van der Waals surface area contributed by atoms with E-state index in [1.54, 1.807) is 80.6 Å². The maximum atomic E-state index is 13.1. The zero-order chi connectivity index (χ0) is 27.8. The van der Waals surface area contributed by atoms with Crippen LogP contribution in [0.1, 0.15) is 29.9 Å². The average molecular weight is 527 g/mol.